The van der Waals surface area contributed by atoms with E-state index in [9.17, 15) is 24.6 Å². The highest BCUT2D eigenvalue weighted by Crippen LogP contribution is 2.26. The van der Waals surface area contributed by atoms with Gasteiger partial charge in [-0.15, -0.1) is 0 Å². The number of rotatable bonds is 11. The maximum Gasteiger partial charge on any atom is 0.407 e. The van der Waals surface area contributed by atoms with E-state index in [1.807, 2.05) is 36.4 Å². The highest BCUT2D eigenvalue weighted by molar-refractivity contribution is 5.83. The number of aliphatic hydroxyl groups excluding tert-OH is 2. The minimum atomic E-state index is -1.76. The summed E-state index contributed by atoms with van der Waals surface area (Å²) >= 11 is 0. The summed E-state index contributed by atoms with van der Waals surface area (Å²) in [4.78, 5) is 39.0. The second-order valence-corrected chi connectivity index (χ2v) is 11.7. The lowest BCUT2D eigenvalue weighted by Crippen LogP contribution is -2.66. The summed E-state index contributed by atoms with van der Waals surface area (Å²) in [5.41, 5.74) is 1.42. The molecule has 1 heterocycles. The van der Waals surface area contributed by atoms with Crippen LogP contribution in [-0.2, 0) is 41.8 Å². The summed E-state index contributed by atoms with van der Waals surface area (Å²) in [5.74, 6) is -1.33. The van der Waals surface area contributed by atoms with E-state index in [0.717, 1.165) is 11.1 Å². The third-order valence-electron chi connectivity index (χ3n) is 6.92. The van der Waals surface area contributed by atoms with Crippen molar-refractivity contribution in [1.82, 2.24) is 10.6 Å². The van der Waals surface area contributed by atoms with Crippen LogP contribution in [0.1, 0.15) is 49.9 Å². The first kappa shape index (κ1) is 33.6. The standard InChI is InChI=1S/C34H40N2O9/c1-34(2,3)45-26(37)19-25(24-17-11-6-12-18-24)35-31(40)30-29(39)28(38)27(32(44-30)42-20-22-13-7-4-8-14-22)36-33(41)43-21-23-15-9-5-10-16-23/h4-18,25,27-30,32,38-39H,19-21H2,1-3H3,(H,35,40)(H,36,41)/t25-,27-,28-,29-,30+,32+/m1/s1. The maximum absolute atomic E-state index is 13.6. The van der Waals surface area contributed by atoms with Crippen molar-refractivity contribution in [2.24, 2.45) is 0 Å². The molecule has 0 saturated carbocycles. The molecule has 0 aromatic heterocycles. The van der Waals surface area contributed by atoms with Gasteiger partial charge in [0.25, 0.3) is 5.91 Å². The van der Waals surface area contributed by atoms with Gasteiger partial charge >= 0.3 is 12.1 Å². The summed E-state index contributed by atoms with van der Waals surface area (Å²) < 4.78 is 22.6. The number of aliphatic hydroxyl groups is 2. The monoisotopic (exact) mass is 620 g/mol. The predicted molar refractivity (Wildman–Crippen MR) is 163 cm³/mol. The molecule has 1 aliphatic heterocycles. The lowest BCUT2D eigenvalue weighted by Gasteiger charge is -2.42. The minimum Gasteiger partial charge on any atom is -0.460 e. The molecule has 1 fully saturated rings. The molecule has 3 aromatic rings. The van der Waals surface area contributed by atoms with Gasteiger partial charge in [-0.1, -0.05) is 91.0 Å². The van der Waals surface area contributed by atoms with E-state index in [1.165, 1.54) is 0 Å². The van der Waals surface area contributed by atoms with Crippen LogP contribution in [0.4, 0.5) is 4.79 Å². The molecular weight excluding hydrogens is 580 g/mol. The summed E-state index contributed by atoms with van der Waals surface area (Å²) in [6, 6.07) is 24.8. The molecule has 0 spiro atoms. The third-order valence-corrected chi connectivity index (χ3v) is 6.92. The topological polar surface area (TPSA) is 153 Å². The highest BCUT2D eigenvalue weighted by atomic mass is 16.7. The number of ether oxygens (including phenoxy) is 4. The molecule has 0 bridgehead atoms. The Balaban J connectivity index is 1.50. The zero-order valence-electron chi connectivity index (χ0n) is 25.5. The van der Waals surface area contributed by atoms with Gasteiger partial charge in [0.15, 0.2) is 12.4 Å². The molecule has 45 heavy (non-hydrogen) atoms. The zero-order valence-corrected chi connectivity index (χ0v) is 25.5. The molecule has 4 N–H and O–H groups in total. The first-order valence-electron chi connectivity index (χ1n) is 14.7. The van der Waals surface area contributed by atoms with Crippen molar-refractivity contribution < 1.29 is 43.5 Å². The quantitative estimate of drug-likeness (QED) is 0.236. The number of carbonyl (C=O) groups is 3. The average molecular weight is 621 g/mol. The van der Waals surface area contributed by atoms with Crippen molar-refractivity contribution >= 4 is 18.0 Å². The number of benzene rings is 3. The largest absolute Gasteiger partial charge is 0.460 e. The molecule has 4 rings (SSSR count). The van der Waals surface area contributed by atoms with Gasteiger partial charge in [0.05, 0.1) is 19.1 Å². The Labute approximate surface area is 262 Å². The highest BCUT2D eigenvalue weighted by Gasteiger charge is 2.49. The van der Waals surface area contributed by atoms with Crippen molar-refractivity contribution in [3.05, 3.63) is 108 Å². The Hall–Kier alpha value is -4.29. The van der Waals surface area contributed by atoms with Crippen LogP contribution in [0.3, 0.4) is 0 Å². The number of hydrogen-bond donors (Lipinski definition) is 4. The van der Waals surface area contributed by atoms with E-state index >= 15 is 0 Å². The van der Waals surface area contributed by atoms with Crippen molar-refractivity contribution in [3.63, 3.8) is 0 Å². The van der Waals surface area contributed by atoms with Gasteiger partial charge in [-0.25, -0.2) is 4.79 Å². The number of nitrogens with one attached hydrogen (secondary N) is 2. The summed E-state index contributed by atoms with van der Waals surface area (Å²) in [6.07, 6.45) is -7.48. The lowest BCUT2D eigenvalue weighted by molar-refractivity contribution is -0.262. The normalized spacial score (nSPS) is 22.1. The molecule has 11 heteroatoms. The molecule has 0 unspecified atom stereocenters. The summed E-state index contributed by atoms with van der Waals surface area (Å²) in [7, 11) is 0. The van der Waals surface area contributed by atoms with Gasteiger partial charge in [-0.05, 0) is 37.5 Å². The molecule has 6 atom stereocenters. The fraction of sp³-hybridized carbons (Fsp3) is 0.382. The van der Waals surface area contributed by atoms with E-state index in [2.05, 4.69) is 10.6 Å². The van der Waals surface area contributed by atoms with E-state index in [1.54, 1.807) is 75.4 Å². The smallest absolute Gasteiger partial charge is 0.407 e. The fourth-order valence-electron chi connectivity index (χ4n) is 4.77. The Bertz CT molecular complexity index is 1380. The average Bonchev–Trinajstić information content (AvgIpc) is 3.02. The zero-order chi connectivity index (χ0) is 32.4. The number of amides is 2. The molecule has 240 valence electrons. The van der Waals surface area contributed by atoms with Gasteiger partial charge in [0.2, 0.25) is 0 Å². The van der Waals surface area contributed by atoms with Gasteiger partial charge in [0.1, 0.15) is 30.5 Å². The van der Waals surface area contributed by atoms with Gasteiger partial charge in [-0.3, -0.25) is 9.59 Å². The fourth-order valence-corrected chi connectivity index (χ4v) is 4.77. The van der Waals surface area contributed by atoms with Crippen molar-refractivity contribution in [3.8, 4) is 0 Å². The van der Waals surface area contributed by atoms with Gasteiger partial charge < -0.3 is 39.8 Å². The number of alkyl carbamates (subject to hydrolysis) is 1. The SMILES string of the molecule is CC(C)(C)OC(=O)C[C@@H](NC(=O)[C@H]1O[C@H](OCc2ccccc2)[C@H](NC(=O)OCc2ccccc2)[C@@H](O)[C@H]1O)c1ccccc1. The van der Waals surface area contributed by atoms with Crippen LogP contribution in [0, 0.1) is 0 Å². The Kier molecular flexibility index (Phi) is 11.7. The summed E-state index contributed by atoms with van der Waals surface area (Å²) in [6.45, 7) is 5.22. The Morgan fingerprint density at radius 3 is 1.96 bits per heavy atom. The number of carbonyl (C=O) groups excluding carboxylic acids is 3. The van der Waals surface area contributed by atoms with Crippen molar-refractivity contribution in [2.45, 2.75) is 82.7 Å². The molecule has 0 radical (unpaired) electrons. The van der Waals surface area contributed by atoms with Crippen molar-refractivity contribution in [2.75, 3.05) is 0 Å². The van der Waals surface area contributed by atoms with E-state index in [-0.39, 0.29) is 19.6 Å². The molecule has 1 aliphatic rings. The Morgan fingerprint density at radius 2 is 1.38 bits per heavy atom. The van der Waals surface area contributed by atoms with E-state index in [0.29, 0.717) is 5.56 Å². The number of hydrogen-bond acceptors (Lipinski definition) is 9. The van der Waals surface area contributed by atoms with Gasteiger partial charge in [-0.2, -0.15) is 0 Å². The molecule has 3 aromatic carbocycles. The van der Waals surface area contributed by atoms with E-state index < -0.39 is 60.3 Å². The molecular formula is C34H40N2O9. The first-order valence-corrected chi connectivity index (χ1v) is 14.7. The maximum atomic E-state index is 13.6. The number of esters is 1. The lowest BCUT2D eigenvalue weighted by atomic mass is 9.95. The van der Waals surface area contributed by atoms with Crippen LogP contribution in [0.5, 0.6) is 0 Å². The van der Waals surface area contributed by atoms with Crippen LogP contribution < -0.4 is 10.6 Å². The van der Waals surface area contributed by atoms with Crippen LogP contribution in [-0.4, -0.2) is 64.4 Å². The van der Waals surface area contributed by atoms with Gasteiger partial charge in [0, 0.05) is 0 Å². The predicted octanol–water partition coefficient (Wildman–Crippen LogP) is 3.53. The second-order valence-electron chi connectivity index (χ2n) is 11.7. The van der Waals surface area contributed by atoms with Crippen molar-refractivity contribution in [1.29, 1.82) is 0 Å². The second kappa shape index (κ2) is 15.6. The minimum absolute atomic E-state index is 0.0190. The molecule has 0 aliphatic carbocycles. The molecule has 11 nitrogen and oxygen atoms in total. The molecule has 2 amide bonds. The van der Waals surface area contributed by atoms with Crippen LogP contribution in [0.15, 0.2) is 91.0 Å². The molecule has 1 saturated heterocycles. The Morgan fingerprint density at radius 1 is 0.822 bits per heavy atom. The van der Waals surface area contributed by atoms with Crippen LogP contribution in [0.25, 0.3) is 0 Å². The first-order chi connectivity index (χ1) is 21.5. The van der Waals surface area contributed by atoms with E-state index in [4.69, 9.17) is 18.9 Å². The third kappa shape index (κ3) is 10.1. The van der Waals surface area contributed by atoms with Crippen LogP contribution in [0.2, 0.25) is 0 Å². The van der Waals surface area contributed by atoms with Crippen LogP contribution >= 0.6 is 0 Å². The summed E-state index contributed by atoms with van der Waals surface area (Å²) in [5, 5.41) is 27.5.